The number of fused-ring (bicyclic) bond motifs is 1. The summed E-state index contributed by atoms with van der Waals surface area (Å²) in [6.07, 6.45) is 6.24. The number of allylic oxidation sites excluding steroid dienone is 1. The van der Waals surface area contributed by atoms with Gasteiger partial charge in [-0.15, -0.1) is 13.2 Å². The van der Waals surface area contributed by atoms with Crippen molar-refractivity contribution in [2.45, 2.75) is 76.2 Å². The number of unbranched alkanes of at least 4 members (excludes halogenated alkanes) is 1. The summed E-state index contributed by atoms with van der Waals surface area (Å²) in [5, 5.41) is 10.5. The zero-order valence-electron chi connectivity index (χ0n) is 24.7. The topological polar surface area (TPSA) is 106 Å². The highest BCUT2D eigenvalue weighted by molar-refractivity contribution is 6.05. The lowest BCUT2D eigenvalue weighted by atomic mass is 9.65. The number of benzene rings is 1. The number of carbonyl (C=O) groups excluding carboxylic acids is 3. The van der Waals surface area contributed by atoms with Gasteiger partial charge in [-0.1, -0.05) is 32.9 Å². The van der Waals surface area contributed by atoms with Crippen LogP contribution in [0.15, 0.2) is 49.6 Å². The van der Waals surface area contributed by atoms with Gasteiger partial charge >= 0.3 is 5.97 Å². The van der Waals surface area contributed by atoms with Crippen LogP contribution in [0.25, 0.3) is 0 Å². The zero-order valence-corrected chi connectivity index (χ0v) is 24.7. The van der Waals surface area contributed by atoms with Crippen molar-refractivity contribution >= 4 is 23.5 Å². The number of amides is 2. The molecule has 3 aliphatic rings. The van der Waals surface area contributed by atoms with Gasteiger partial charge in [-0.3, -0.25) is 14.4 Å². The quantitative estimate of drug-likeness (QED) is 0.206. The number of aliphatic hydroxyl groups excluding tert-OH is 1. The Morgan fingerprint density at radius 2 is 1.93 bits per heavy atom. The van der Waals surface area contributed by atoms with Crippen LogP contribution in [0, 0.1) is 17.8 Å². The number of rotatable bonds is 14. The monoisotopic (exact) mass is 568 g/mol. The van der Waals surface area contributed by atoms with E-state index in [0.717, 1.165) is 0 Å². The molecule has 3 saturated heterocycles. The van der Waals surface area contributed by atoms with Gasteiger partial charge in [-0.2, -0.15) is 0 Å². The number of hydrogen-bond acceptors (Lipinski definition) is 7. The van der Waals surface area contributed by atoms with E-state index in [4.69, 9.17) is 14.2 Å². The summed E-state index contributed by atoms with van der Waals surface area (Å²) in [6, 6.07) is 5.43. The maximum atomic E-state index is 14.7. The van der Waals surface area contributed by atoms with Crippen molar-refractivity contribution in [3.8, 4) is 5.75 Å². The maximum Gasteiger partial charge on any atom is 0.312 e. The van der Waals surface area contributed by atoms with E-state index in [1.54, 1.807) is 48.4 Å². The van der Waals surface area contributed by atoms with E-state index in [1.807, 2.05) is 20.8 Å². The Morgan fingerprint density at radius 1 is 1.22 bits per heavy atom. The molecule has 0 radical (unpaired) electrons. The molecule has 9 heteroatoms. The SMILES string of the molecule is C=CCCCOC(=O)[C@H]1[C@H]2C(=O)N([C@@H](CO)C(C)C)C(C(=O)N(CC=C)c3ccc(OC)cc3)C23CC[C@]1(CC)O3. The Balaban J connectivity index is 1.81. The van der Waals surface area contributed by atoms with Crippen LogP contribution in [0.4, 0.5) is 5.69 Å². The first kappa shape index (κ1) is 30.8. The lowest BCUT2D eigenvalue weighted by Crippen LogP contribution is -2.60. The molecule has 1 N–H and O–H groups in total. The average molecular weight is 569 g/mol. The van der Waals surface area contributed by atoms with Gasteiger partial charge < -0.3 is 29.1 Å². The second kappa shape index (κ2) is 12.4. The largest absolute Gasteiger partial charge is 0.497 e. The van der Waals surface area contributed by atoms with E-state index in [9.17, 15) is 19.5 Å². The molecule has 4 rings (SSSR count). The van der Waals surface area contributed by atoms with Crippen LogP contribution >= 0.6 is 0 Å². The third-order valence-electron chi connectivity index (χ3n) is 9.18. The molecule has 41 heavy (non-hydrogen) atoms. The molecule has 2 amide bonds. The van der Waals surface area contributed by atoms with Crippen LogP contribution in [-0.2, 0) is 23.9 Å². The van der Waals surface area contributed by atoms with Gasteiger partial charge in [0, 0.05) is 12.2 Å². The van der Waals surface area contributed by atoms with E-state index in [2.05, 4.69) is 13.2 Å². The van der Waals surface area contributed by atoms with E-state index < -0.39 is 41.1 Å². The van der Waals surface area contributed by atoms with Gasteiger partial charge in [0.05, 0.1) is 37.9 Å². The number of aliphatic hydroxyl groups is 1. The number of likely N-dealkylation sites (tertiary alicyclic amines) is 1. The number of carbonyl (C=O) groups is 3. The van der Waals surface area contributed by atoms with Crippen LogP contribution in [0.3, 0.4) is 0 Å². The molecule has 1 spiro atoms. The molecule has 1 aromatic rings. The highest BCUT2D eigenvalue weighted by atomic mass is 16.6. The average Bonchev–Trinajstić information content (AvgIpc) is 3.58. The van der Waals surface area contributed by atoms with E-state index in [1.165, 1.54) is 4.90 Å². The third-order valence-corrected chi connectivity index (χ3v) is 9.18. The second-order valence-corrected chi connectivity index (χ2v) is 11.6. The number of ether oxygens (including phenoxy) is 3. The normalized spacial score (nSPS) is 28.9. The lowest BCUT2D eigenvalue weighted by Gasteiger charge is -2.40. The fourth-order valence-corrected chi connectivity index (χ4v) is 7.12. The van der Waals surface area contributed by atoms with Gasteiger partial charge in [0.25, 0.3) is 5.91 Å². The summed E-state index contributed by atoms with van der Waals surface area (Å²) in [6.45, 7) is 13.4. The first-order chi connectivity index (χ1) is 19.7. The van der Waals surface area contributed by atoms with Crippen LogP contribution in [0.2, 0.25) is 0 Å². The first-order valence-electron chi connectivity index (χ1n) is 14.6. The minimum atomic E-state index is -1.22. The van der Waals surface area contributed by atoms with Gasteiger partial charge in [-0.25, -0.2) is 0 Å². The Morgan fingerprint density at radius 3 is 2.49 bits per heavy atom. The Bertz CT molecular complexity index is 1150. The molecule has 6 atom stereocenters. The van der Waals surface area contributed by atoms with Crippen molar-refractivity contribution in [1.82, 2.24) is 4.90 Å². The molecular weight excluding hydrogens is 524 g/mol. The van der Waals surface area contributed by atoms with Crippen LogP contribution in [-0.4, -0.2) is 77.9 Å². The van der Waals surface area contributed by atoms with Gasteiger partial charge in [0.15, 0.2) is 0 Å². The van der Waals surface area contributed by atoms with Crippen molar-refractivity contribution in [3.63, 3.8) is 0 Å². The van der Waals surface area contributed by atoms with Crippen molar-refractivity contribution in [2.75, 3.05) is 31.8 Å². The highest BCUT2D eigenvalue weighted by Crippen LogP contribution is 2.65. The molecule has 3 fully saturated rings. The number of anilines is 1. The van der Waals surface area contributed by atoms with Crippen molar-refractivity contribution in [2.24, 2.45) is 17.8 Å². The summed E-state index contributed by atoms with van der Waals surface area (Å²) in [7, 11) is 1.57. The Kier molecular flexibility index (Phi) is 9.29. The molecule has 0 saturated carbocycles. The summed E-state index contributed by atoms with van der Waals surface area (Å²) in [4.78, 5) is 45.9. The van der Waals surface area contributed by atoms with E-state index in [-0.39, 0.29) is 37.5 Å². The Labute approximate surface area is 243 Å². The minimum Gasteiger partial charge on any atom is -0.497 e. The predicted molar refractivity (Wildman–Crippen MR) is 155 cm³/mol. The number of nitrogens with zero attached hydrogens (tertiary/aromatic N) is 2. The van der Waals surface area contributed by atoms with E-state index >= 15 is 0 Å². The van der Waals surface area contributed by atoms with Crippen molar-refractivity contribution in [3.05, 3.63) is 49.6 Å². The van der Waals surface area contributed by atoms with Crippen LogP contribution in [0.1, 0.15) is 52.9 Å². The lowest BCUT2D eigenvalue weighted by molar-refractivity contribution is -0.162. The number of esters is 1. The summed E-state index contributed by atoms with van der Waals surface area (Å²) in [5.74, 6) is -2.36. The molecule has 0 aromatic heterocycles. The zero-order chi connectivity index (χ0) is 29.9. The molecule has 2 bridgehead atoms. The predicted octanol–water partition coefficient (Wildman–Crippen LogP) is 3.90. The van der Waals surface area contributed by atoms with Crippen LogP contribution < -0.4 is 9.64 Å². The van der Waals surface area contributed by atoms with E-state index in [0.29, 0.717) is 43.5 Å². The van der Waals surface area contributed by atoms with Gasteiger partial charge in [-0.05, 0) is 62.3 Å². The van der Waals surface area contributed by atoms with Gasteiger partial charge in [0.1, 0.15) is 23.3 Å². The molecule has 3 aliphatic heterocycles. The molecule has 3 heterocycles. The first-order valence-corrected chi connectivity index (χ1v) is 14.6. The molecule has 9 nitrogen and oxygen atoms in total. The summed E-state index contributed by atoms with van der Waals surface area (Å²) in [5.41, 5.74) is -1.50. The molecular formula is C32H44N2O7. The fourth-order valence-electron chi connectivity index (χ4n) is 7.12. The van der Waals surface area contributed by atoms with Crippen LogP contribution in [0.5, 0.6) is 5.75 Å². The van der Waals surface area contributed by atoms with Gasteiger partial charge in [0.2, 0.25) is 5.91 Å². The number of hydrogen-bond donors (Lipinski definition) is 1. The molecule has 224 valence electrons. The summed E-state index contributed by atoms with van der Waals surface area (Å²) >= 11 is 0. The van der Waals surface area contributed by atoms with Crippen molar-refractivity contribution < 1.29 is 33.7 Å². The Hall–Kier alpha value is -3.17. The molecule has 1 aromatic carbocycles. The highest BCUT2D eigenvalue weighted by Gasteiger charge is 2.79. The standard InChI is InChI=1S/C32H44N2O7/c1-7-10-11-19-40-30(38)26-25-28(36)34(24(20-35)21(4)5)27(32(25)17-16-31(26,9-3)41-32)29(37)33(18-8-2)22-12-14-23(39-6)15-13-22/h7-8,12-15,21,24-27,35H,1-2,9-11,16-20H2,3-6H3/t24-,25-,26+,27?,31-,32?/m0/s1. The number of methoxy groups -OCH3 is 1. The summed E-state index contributed by atoms with van der Waals surface area (Å²) < 4.78 is 17.8. The molecule has 0 aliphatic carbocycles. The maximum absolute atomic E-state index is 14.7. The van der Waals surface area contributed by atoms with Crippen molar-refractivity contribution in [1.29, 1.82) is 0 Å². The third kappa shape index (κ3) is 5.07. The fraction of sp³-hybridized carbons (Fsp3) is 0.594. The minimum absolute atomic E-state index is 0.148. The molecule has 2 unspecified atom stereocenters. The second-order valence-electron chi connectivity index (χ2n) is 11.6. The smallest absolute Gasteiger partial charge is 0.312 e.